The monoisotopic (exact) mass is 310 g/mol. The summed E-state index contributed by atoms with van der Waals surface area (Å²) in [5.74, 6) is 0.535. The molecule has 3 nitrogen and oxygen atoms in total. The van der Waals surface area contributed by atoms with Crippen molar-refractivity contribution in [3.8, 4) is 6.07 Å². The number of nitrogens with zero attached hydrogens (tertiary/aromatic N) is 2. The van der Waals surface area contributed by atoms with Crippen LogP contribution in [0, 0.1) is 17.2 Å². The summed E-state index contributed by atoms with van der Waals surface area (Å²) in [6.07, 6.45) is 0. The van der Waals surface area contributed by atoms with Gasteiger partial charge >= 0.3 is 0 Å². The molecule has 1 rings (SSSR count). The molecule has 0 unspecified atom stereocenters. The Morgan fingerprint density at radius 2 is 2.17 bits per heavy atom. The minimum atomic E-state index is 0.535. The normalized spacial score (nSPS) is 10.4. The SMILES string of the molecule is COCCN(CC(C)C)c1cccc(Br)c1C#N. The molecule has 0 aliphatic heterocycles. The molecule has 98 valence electrons. The first-order valence-corrected chi connectivity index (χ1v) is 6.82. The average molecular weight is 311 g/mol. The van der Waals surface area contributed by atoms with Crippen LogP contribution in [0.5, 0.6) is 0 Å². The molecular formula is C14H19BrN2O. The van der Waals surface area contributed by atoms with Gasteiger partial charge in [-0.05, 0) is 34.0 Å². The molecule has 0 aromatic heterocycles. The zero-order chi connectivity index (χ0) is 13.5. The van der Waals surface area contributed by atoms with Crippen LogP contribution >= 0.6 is 15.9 Å². The largest absolute Gasteiger partial charge is 0.383 e. The Bertz CT molecular complexity index is 426. The Balaban J connectivity index is 3.04. The van der Waals surface area contributed by atoms with Gasteiger partial charge in [-0.25, -0.2) is 0 Å². The molecule has 0 spiro atoms. The first-order chi connectivity index (χ1) is 8.60. The molecule has 0 bridgehead atoms. The Kier molecular flexibility index (Phi) is 6.17. The van der Waals surface area contributed by atoms with E-state index in [0.29, 0.717) is 18.1 Å². The van der Waals surface area contributed by atoms with Crippen LogP contribution < -0.4 is 4.90 Å². The second-order valence-corrected chi connectivity index (χ2v) is 5.43. The van der Waals surface area contributed by atoms with Crippen LogP contribution in [-0.2, 0) is 4.74 Å². The number of hydrogen-bond donors (Lipinski definition) is 0. The van der Waals surface area contributed by atoms with Crippen molar-refractivity contribution in [2.24, 2.45) is 5.92 Å². The van der Waals surface area contributed by atoms with Gasteiger partial charge in [0, 0.05) is 24.7 Å². The van der Waals surface area contributed by atoms with Crippen LogP contribution in [0.25, 0.3) is 0 Å². The quantitative estimate of drug-likeness (QED) is 0.807. The lowest BCUT2D eigenvalue weighted by Crippen LogP contribution is -2.31. The summed E-state index contributed by atoms with van der Waals surface area (Å²) >= 11 is 3.43. The molecule has 0 radical (unpaired) electrons. The van der Waals surface area contributed by atoms with Crippen LogP contribution in [0.1, 0.15) is 19.4 Å². The minimum Gasteiger partial charge on any atom is -0.383 e. The highest BCUT2D eigenvalue weighted by Crippen LogP contribution is 2.27. The summed E-state index contributed by atoms with van der Waals surface area (Å²) in [6.45, 7) is 6.70. The van der Waals surface area contributed by atoms with Gasteiger partial charge < -0.3 is 9.64 Å². The zero-order valence-electron chi connectivity index (χ0n) is 11.1. The number of hydrogen-bond acceptors (Lipinski definition) is 3. The van der Waals surface area contributed by atoms with Crippen molar-refractivity contribution in [2.75, 3.05) is 31.7 Å². The Morgan fingerprint density at radius 3 is 2.72 bits per heavy atom. The molecule has 0 heterocycles. The molecule has 0 N–H and O–H groups in total. The number of ether oxygens (including phenoxy) is 1. The fourth-order valence-corrected chi connectivity index (χ4v) is 2.28. The molecule has 0 aliphatic rings. The maximum atomic E-state index is 9.27. The van der Waals surface area contributed by atoms with Gasteiger partial charge in [0.2, 0.25) is 0 Å². The number of nitriles is 1. The summed E-state index contributed by atoms with van der Waals surface area (Å²) in [5, 5.41) is 9.27. The van der Waals surface area contributed by atoms with Gasteiger partial charge in [0.25, 0.3) is 0 Å². The van der Waals surface area contributed by atoms with Crippen molar-refractivity contribution in [2.45, 2.75) is 13.8 Å². The lowest BCUT2D eigenvalue weighted by atomic mass is 10.1. The van der Waals surface area contributed by atoms with Crippen molar-refractivity contribution in [1.29, 1.82) is 5.26 Å². The molecule has 18 heavy (non-hydrogen) atoms. The van der Waals surface area contributed by atoms with Crippen LogP contribution in [0.4, 0.5) is 5.69 Å². The lowest BCUT2D eigenvalue weighted by Gasteiger charge is -2.27. The molecule has 0 aliphatic carbocycles. The highest BCUT2D eigenvalue weighted by molar-refractivity contribution is 9.10. The highest BCUT2D eigenvalue weighted by atomic mass is 79.9. The van der Waals surface area contributed by atoms with Crippen molar-refractivity contribution >= 4 is 21.6 Å². The molecular weight excluding hydrogens is 292 g/mol. The first-order valence-electron chi connectivity index (χ1n) is 6.02. The Labute approximate surface area is 117 Å². The lowest BCUT2D eigenvalue weighted by molar-refractivity contribution is 0.204. The fourth-order valence-electron chi connectivity index (χ4n) is 1.84. The van der Waals surface area contributed by atoms with Crippen LogP contribution in [-0.4, -0.2) is 26.8 Å². The third kappa shape index (κ3) is 4.01. The van der Waals surface area contributed by atoms with E-state index in [1.54, 1.807) is 7.11 Å². The molecule has 1 aromatic carbocycles. The molecule has 4 heteroatoms. The minimum absolute atomic E-state index is 0.535. The number of benzene rings is 1. The molecule has 1 aromatic rings. The van der Waals surface area contributed by atoms with Crippen LogP contribution in [0.2, 0.25) is 0 Å². The number of anilines is 1. The maximum absolute atomic E-state index is 9.27. The first kappa shape index (κ1) is 15.0. The van der Waals surface area contributed by atoms with E-state index in [-0.39, 0.29) is 0 Å². The van der Waals surface area contributed by atoms with E-state index in [9.17, 15) is 5.26 Å². The average Bonchev–Trinajstić information content (AvgIpc) is 2.33. The zero-order valence-corrected chi connectivity index (χ0v) is 12.7. The van der Waals surface area contributed by atoms with Crippen LogP contribution in [0.15, 0.2) is 22.7 Å². The predicted octanol–water partition coefficient (Wildman–Crippen LogP) is 3.43. The summed E-state index contributed by atoms with van der Waals surface area (Å²) in [7, 11) is 1.69. The van der Waals surface area contributed by atoms with Crippen molar-refractivity contribution in [3.63, 3.8) is 0 Å². The summed E-state index contributed by atoms with van der Waals surface area (Å²) in [4.78, 5) is 2.21. The summed E-state index contributed by atoms with van der Waals surface area (Å²) < 4.78 is 5.98. The predicted molar refractivity (Wildman–Crippen MR) is 77.8 cm³/mol. The fraction of sp³-hybridized carbons (Fsp3) is 0.500. The van der Waals surface area contributed by atoms with Gasteiger partial charge in [-0.1, -0.05) is 19.9 Å². The van der Waals surface area contributed by atoms with E-state index in [0.717, 1.165) is 23.2 Å². The van der Waals surface area contributed by atoms with Gasteiger partial charge in [0.15, 0.2) is 0 Å². The van der Waals surface area contributed by atoms with E-state index in [1.165, 1.54) is 0 Å². The Hall–Kier alpha value is -1.05. The van der Waals surface area contributed by atoms with Crippen molar-refractivity contribution in [1.82, 2.24) is 0 Å². The van der Waals surface area contributed by atoms with E-state index in [2.05, 4.69) is 40.7 Å². The topological polar surface area (TPSA) is 36.3 Å². The third-order valence-corrected chi connectivity index (χ3v) is 3.26. The van der Waals surface area contributed by atoms with E-state index in [4.69, 9.17) is 4.74 Å². The Morgan fingerprint density at radius 1 is 1.44 bits per heavy atom. The highest BCUT2D eigenvalue weighted by Gasteiger charge is 2.14. The van der Waals surface area contributed by atoms with Gasteiger partial charge in [0.1, 0.15) is 6.07 Å². The molecule has 0 saturated carbocycles. The molecule has 0 atom stereocenters. The van der Waals surface area contributed by atoms with Gasteiger partial charge in [-0.15, -0.1) is 0 Å². The molecule has 0 amide bonds. The number of methoxy groups -OCH3 is 1. The summed E-state index contributed by atoms with van der Waals surface area (Å²) in [6, 6.07) is 8.11. The van der Waals surface area contributed by atoms with Gasteiger partial charge in [-0.3, -0.25) is 0 Å². The second-order valence-electron chi connectivity index (χ2n) is 4.58. The van der Waals surface area contributed by atoms with Crippen molar-refractivity contribution < 1.29 is 4.74 Å². The molecule has 0 saturated heterocycles. The second kappa shape index (κ2) is 7.40. The van der Waals surface area contributed by atoms with Crippen molar-refractivity contribution in [3.05, 3.63) is 28.2 Å². The smallest absolute Gasteiger partial charge is 0.103 e. The van der Waals surface area contributed by atoms with E-state index in [1.807, 2.05) is 18.2 Å². The van der Waals surface area contributed by atoms with Crippen LogP contribution in [0.3, 0.4) is 0 Å². The van der Waals surface area contributed by atoms with Gasteiger partial charge in [0.05, 0.1) is 17.9 Å². The van der Waals surface area contributed by atoms with E-state index < -0.39 is 0 Å². The standard InChI is InChI=1S/C14H19BrN2O/c1-11(2)10-17(7-8-18-3)14-6-4-5-13(15)12(14)9-16/h4-6,11H,7-8,10H2,1-3H3. The summed E-state index contributed by atoms with van der Waals surface area (Å²) in [5.41, 5.74) is 1.66. The number of rotatable bonds is 6. The number of halogens is 1. The van der Waals surface area contributed by atoms with E-state index >= 15 is 0 Å². The van der Waals surface area contributed by atoms with Gasteiger partial charge in [-0.2, -0.15) is 5.26 Å². The molecule has 0 fully saturated rings. The third-order valence-electron chi connectivity index (χ3n) is 2.59. The maximum Gasteiger partial charge on any atom is 0.103 e.